The zero-order valence-corrected chi connectivity index (χ0v) is 7.70. The lowest BCUT2D eigenvalue weighted by Gasteiger charge is -1.74. The number of aromatic nitrogens is 3. The van der Waals surface area contributed by atoms with E-state index in [0.29, 0.717) is 0 Å². The van der Waals surface area contributed by atoms with Gasteiger partial charge in [-0.05, 0) is 6.92 Å². The van der Waals surface area contributed by atoms with Gasteiger partial charge in [0.25, 0.3) is 0 Å². The summed E-state index contributed by atoms with van der Waals surface area (Å²) in [5, 5.41) is 6.86. The molecule has 0 unspecified atom stereocenters. The zero-order chi connectivity index (χ0) is 8.27. The molecule has 0 aliphatic heterocycles. The van der Waals surface area contributed by atoms with Crippen molar-refractivity contribution in [3.63, 3.8) is 0 Å². The lowest BCUT2D eigenvalue weighted by molar-refractivity contribution is 1.07. The van der Waals surface area contributed by atoms with Gasteiger partial charge in [-0.2, -0.15) is 5.10 Å². The van der Waals surface area contributed by atoms with Crippen molar-refractivity contribution in [3.05, 3.63) is 11.2 Å². The molecule has 2 aromatic heterocycles. The Labute approximate surface area is 69.5 Å². The van der Waals surface area contributed by atoms with E-state index in [1.165, 1.54) is 0 Å². The Morgan fingerprint density at radius 3 is 2.82 bits per heavy atom. The van der Waals surface area contributed by atoms with Gasteiger partial charge in [-0.1, -0.05) is 13.8 Å². The van der Waals surface area contributed by atoms with Crippen LogP contribution in [0.5, 0.6) is 0 Å². The highest BCUT2D eigenvalue weighted by Gasteiger charge is 2.00. The summed E-state index contributed by atoms with van der Waals surface area (Å²) in [5.74, 6) is 0. The van der Waals surface area contributed by atoms with Gasteiger partial charge in [0, 0.05) is 0 Å². The number of hydrogen-bond acceptors (Lipinski definition) is 3. The number of aryl methyl sites for hydroxylation is 1. The standard InChI is InChI=1S/C5H5N3S.C2H6/c1-3-4-5(8-7-3)9-2-6-4;1-2/h2H,1H3,(H,7,8);1-2H3. The van der Waals surface area contributed by atoms with Crippen molar-refractivity contribution < 1.29 is 0 Å². The Bertz CT molecular complexity index is 323. The molecule has 0 aliphatic rings. The molecule has 0 atom stereocenters. The van der Waals surface area contributed by atoms with Crippen molar-refractivity contribution >= 4 is 21.7 Å². The number of thiazole rings is 1. The fourth-order valence-corrected chi connectivity index (χ4v) is 1.44. The maximum absolute atomic E-state index is 4.10. The van der Waals surface area contributed by atoms with E-state index in [0.717, 1.165) is 16.0 Å². The molecule has 1 N–H and O–H groups in total. The Morgan fingerprint density at radius 1 is 1.45 bits per heavy atom. The van der Waals surface area contributed by atoms with Crippen molar-refractivity contribution in [1.29, 1.82) is 0 Å². The van der Waals surface area contributed by atoms with Gasteiger partial charge in [0.15, 0.2) is 4.83 Å². The normalized spacial score (nSPS) is 9.36. The number of H-pyrrole nitrogens is 1. The van der Waals surface area contributed by atoms with Crippen LogP contribution in [0.15, 0.2) is 5.51 Å². The molecule has 0 spiro atoms. The van der Waals surface area contributed by atoms with E-state index in [-0.39, 0.29) is 0 Å². The van der Waals surface area contributed by atoms with E-state index in [4.69, 9.17) is 0 Å². The molecule has 0 radical (unpaired) electrons. The molecule has 2 aromatic rings. The summed E-state index contributed by atoms with van der Waals surface area (Å²) in [4.78, 5) is 5.10. The highest BCUT2D eigenvalue weighted by molar-refractivity contribution is 7.16. The number of fused-ring (bicyclic) bond motifs is 1. The van der Waals surface area contributed by atoms with E-state index in [1.807, 2.05) is 20.8 Å². The quantitative estimate of drug-likeness (QED) is 0.657. The van der Waals surface area contributed by atoms with Gasteiger partial charge in [0.1, 0.15) is 5.52 Å². The molecule has 2 rings (SSSR count). The number of nitrogens with one attached hydrogen (secondary N) is 1. The Morgan fingerprint density at radius 2 is 2.18 bits per heavy atom. The van der Waals surface area contributed by atoms with E-state index in [9.17, 15) is 0 Å². The van der Waals surface area contributed by atoms with Crippen LogP contribution in [0.25, 0.3) is 10.3 Å². The third kappa shape index (κ3) is 1.40. The molecule has 11 heavy (non-hydrogen) atoms. The molecule has 3 nitrogen and oxygen atoms in total. The monoisotopic (exact) mass is 169 g/mol. The van der Waals surface area contributed by atoms with E-state index >= 15 is 0 Å². The van der Waals surface area contributed by atoms with Crippen LogP contribution in [0, 0.1) is 6.92 Å². The van der Waals surface area contributed by atoms with Gasteiger partial charge in [-0.15, -0.1) is 11.3 Å². The minimum absolute atomic E-state index is 0.993. The maximum atomic E-state index is 4.10. The van der Waals surface area contributed by atoms with E-state index < -0.39 is 0 Å². The van der Waals surface area contributed by atoms with Crippen molar-refractivity contribution in [2.75, 3.05) is 0 Å². The van der Waals surface area contributed by atoms with Crippen LogP contribution < -0.4 is 0 Å². The summed E-state index contributed by atoms with van der Waals surface area (Å²) < 4.78 is 0. The van der Waals surface area contributed by atoms with Gasteiger partial charge in [0.2, 0.25) is 0 Å². The summed E-state index contributed by atoms with van der Waals surface area (Å²) >= 11 is 1.55. The molecule has 2 heterocycles. The molecule has 4 heteroatoms. The average Bonchev–Trinajstić information content (AvgIpc) is 2.60. The first-order chi connectivity index (χ1) is 5.38. The molecule has 0 bridgehead atoms. The number of rotatable bonds is 0. The zero-order valence-electron chi connectivity index (χ0n) is 6.88. The van der Waals surface area contributed by atoms with Crippen LogP contribution >= 0.6 is 11.3 Å². The van der Waals surface area contributed by atoms with Gasteiger partial charge in [-0.3, -0.25) is 5.10 Å². The van der Waals surface area contributed by atoms with Gasteiger partial charge in [0.05, 0.1) is 11.2 Å². The fraction of sp³-hybridized carbons (Fsp3) is 0.429. The highest BCUT2D eigenvalue weighted by atomic mass is 32.1. The average molecular weight is 169 g/mol. The van der Waals surface area contributed by atoms with Crippen LogP contribution in [-0.4, -0.2) is 15.2 Å². The minimum atomic E-state index is 0.993. The SMILES string of the molecule is CC.Cc1[nH]nc2scnc12. The second-order valence-electron chi connectivity index (χ2n) is 1.85. The van der Waals surface area contributed by atoms with Crippen LogP contribution in [0.1, 0.15) is 19.5 Å². The van der Waals surface area contributed by atoms with Crippen molar-refractivity contribution in [2.24, 2.45) is 0 Å². The van der Waals surface area contributed by atoms with E-state index in [1.54, 1.807) is 16.8 Å². The molecular weight excluding hydrogens is 158 g/mol. The molecule has 0 saturated heterocycles. The lowest BCUT2D eigenvalue weighted by atomic mass is 10.4. The summed E-state index contributed by atoms with van der Waals surface area (Å²) in [6.07, 6.45) is 0. The first kappa shape index (κ1) is 8.20. The topological polar surface area (TPSA) is 41.6 Å². The predicted octanol–water partition coefficient (Wildman–Crippen LogP) is 2.35. The molecule has 0 amide bonds. The minimum Gasteiger partial charge on any atom is -0.279 e. The third-order valence-corrected chi connectivity index (χ3v) is 1.95. The number of aromatic amines is 1. The molecule has 0 saturated carbocycles. The van der Waals surface area contributed by atoms with Crippen LogP contribution in [0.4, 0.5) is 0 Å². The Balaban J connectivity index is 0.000000281. The van der Waals surface area contributed by atoms with Crippen molar-refractivity contribution in [1.82, 2.24) is 15.2 Å². The maximum Gasteiger partial charge on any atom is 0.165 e. The van der Waals surface area contributed by atoms with Gasteiger partial charge in [-0.25, -0.2) is 4.98 Å². The smallest absolute Gasteiger partial charge is 0.165 e. The van der Waals surface area contributed by atoms with Crippen LogP contribution in [0.3, 0.4) is 0 Å². The number of nitrogens with zero attached hydrogens (tertiary/aromatic N) is 2. The summed E-state index contributed by atoms with van der Waals surface area (Å²) in [7, 11) is 0. The van der Waals surface area contributed by atoms with Crippen molar-refractivity contribution in [3.8, 4) is 0 Å². The Hall–Kier alpha value is -0.900. The molecular formula is C7H11N3S. The van der Waals surface area contributed by atoms with E-state index in [2.05, 4.69) is 15.2 Å². The molecule has 0 fully saturated rings. The first-order valence-electron chi connectivity index (χ1n) is 3.62. The van der Waals surface area contributed by atoms with Gasteiger partial charge >= 0.3 is 0 Å². The fourth-order valence-electron chi connectivity index (χ4n) is 0.764. The number of hydrogen-bond donors (Lipinski definition) is 1. The van der Waals surface area contributed by atoms with Crippen LogP contribution in [0.2, 0.25) is 0 Å². The second kappa shape index (κ2) is 3.48. The second-order valence-corrected chi connectivity index (χ2v) is 2.69. The van der Waals surface area contributed by atoms with Gasteiger partial charge < -0.3 is 0 Å². The molecule has 60 valence electrons. The lowest BCUT2D eigenvalue weighted by Crippen LogP contribution is -1.70. The Kier molecular flexibility index (Phi) is 2.59. The van der Waals surface area contributed by atoms with Crippen LogP contribution in [-0.2, 0) is 0 Å². The summed E-state index contributed by atoms with van der Waals surface area (Å²) in [5.41, 5.74) is 3.85. The first-order valence-corrected chi connectivity index (χ1v) is 4.50. The predicted molar refractivity (Wildman–Crippen MR) is 47.9 cm³/mol. The molecule has 0 aliphatic carbocycles. The van der Waals surface area contributed by atoms with Crippen molar-refractivity contribution in [2.45, 2.75) is 20.8 Å². The summed E-state index contributed by atoms with van der Waals surface area (Å²) in [6.45, 7) is 5.97. The summed E-state index contributed by atoms with van der Waals surface area (Å²) in [6, 6.07) is 0. The highest BCUT2D eigenvalue weighted by Crippen LogP contribution is 2.16. The largest absolute Gasteiger partial charge is 0.279 e. The third-order valence-electron chi connectivity index (χ3n) is 1.23. The molecule has 0 aromatic carbocycles.